The number of hydrogen-bond donors (Lipinski definition) is 4. The van der Waals surface area contributed by atoms with Gasteiger partial charge in [0.2, 0.25) is 5.60 Å². The lowest BCUT2D eigenvalue weighted by Crippen LogP contribution is -2.47. The van der Waals surface area contributed by atoms with E-state index in [1.165, 1.54) is 10.8 Å². The van der Waals surface area contributed by atoms with Crippen molar-refractivity contribution in [3.63, 3.8) is 0 Å². The number of anilines is 1. The van der Waals surface area contributed by atoms with Crippen LogP contribution < -0.4 is 11.1 Å². The lowest BCUT2D eigenvalue weighted by Gasteiger charge is -2.25. The van der Waals surface area contributed by atoms with Crippen molar-refractivity contribution in [3.8, 4) is 6.07 Å². The molecule has 12 heteroatoms. The van der Waals surface area contributed by atoms with Crippen LogP contribution in [0.4, 0.5) is 5.82 Å². The summed E-state index contributed by atoms with van der Waals surface area (Å²) in [5.74, 6) is 0.434. The van der Waals surface area contributed by atoms with Crippen LogP contribution in [0.3, 0.4) is 0 Å². The van der Waals surface area contributed by atoms with Crippen LogP contribution in [0.1, 0.15) is 58.8 Å². The van der Waals surface area contributed by atoms with Crippen molar-refractivity contribution in [3.05, 3.63) is 24.2 Å². The second-order valence-corrected chi connectivity index (χ2v) is 9.87. The van der Waals surface area contributed by atoms with E-state index < -0.39 is 30.0 Å². The van der Waals surface area contributed by atoms with E-state index in [0.29, 0.717) is 30.2 Å². The van der Waals surface area contributed by atoms with Gasteiger partial charge in [-0.15, -0.1) is 0 Å². The van der Waals surface area contributed by atoms with Crippen LogP contribution in [-0.2, 0) is 19.0 Å². The summed E-state index contributed by atoms with van der Waals surface area (Å²) < 4.78 is 18.5. The molecule has 0 aromatic carbocycles. The Morgan fingerprint density at radius 1 is 1.35 bits per heavy atom. The van der Waals surface area contributed by atoms with Crippen molar-refractivity contribution < 1.29 is 29.2 Å². The fraction of sp³-hybridized carbons (Fsp3) is 0.680. The number of ether oxygens (including phenoxy) is 3. The molecule has 0 bridgehead atoms. The molecule has 1 fully saturated rings. The van der Waals surface area contributed by atoms with Crippen LogP contribution in [0.2, 0.25) is 0 Å². The Balaban J connectivity index is 1.63. The minimum Gasteiger partial charge on any atom is -0.464 e. The number of fused-ring (bicyclic) bond motifs is 1. The minimum atomic E-state index is -1.84. The fourth-order valence-corrected chi connectivity index (χ4v) is 4.40. The number of nitrogens with one attached hydrogen (secondary N) is 1. The van der Waals surface area contributed by atoms with Gasteiger partial charge in [-0.25, -0.2) is 9.50 Å². The van der Waals surface area contributed by atoms with E-state index in [9.17, 15) is 20.3 Å². The molecule has 1 aliphatic rings. The number of aliphatic hydroxyl groups is 2. The Morgan fingerprint density at radius 2 is 2.08 bits per heavy atom. The van der Waals surface area contributed by atoms with Gasteiger partial charge in [-0.2, -0.15) is 10.4 Å². The predicted octanol–water partition coefficient (Wildman–Crippen LogP) is 1.32. The summed E-state index contributed by atoms with van der Waals surface area (Å²) in [5, 5.41) is 38.5. The molecule has 5 atom stereocenters. The molecule has 0 spiro atoms. The molecule has 3 heterocycles. The van der Waals surface area contributed by atoms with Crippen molar-refractivity contribution in [2.75, 3.05) is 25.7 Å². The molecule has 12 nitrogen and oxygen atoms in total. The van der Waals surface area contributed by atoms with Crippen LogP contribution in [0.5, 0.6) is 0 Å². The van der Waals surface area contributed by atoms with E-state index in [0.717, 1.165) is 12.8 Å². The highest BCUT2D eigenvalue weighted by atomic mass is 16.6. The first-order valence-electron chi connectivity index (χ1n) is 12.7. The summed E-state index contributed by atoms with van der Waals surface area (Å²) in [6.45, 7) is 8.07. The Bertz CT molecular complexity index is 1080. The summed E-state index contributed by atoms with van der Waals surface area (Å²) in [4.78, 5) is 16.6. The fourth-order valence-electron chi connectivity index (χ4n) is 4.40. The van der Waals surface area contributed by atoms with E-state index in [-0.39, 0.29) is 31.0 Å². The van der Waals surface area contributed by atoms with Gasteiger partial charge in [-0.3, -0.25) is 10.1 Å². The molecule has 0 unspecified atom stereocenters. The highest BCUT2D eigenvalue weighted by Crippen LogP contribution is 2.40. The zero-order chi connectivity index (χ0) is 27.2. The summed E-state index contributed by atoms with van der Waals surface area (Å²) in [6, 6.07) is 4.67. The van der Waals surface area contributed by atoms with Crippen molar-refractivity contribution >= 4 is 17.3 Å². The number of nitrogens with zero attached hydrogens (tertiary/aromatic N) is 4. The smallest absolute Gasteiger partial charge is 0.323 e. The second kappa shape index (κ2) is 12.6. The second-order valence-electron chi connectivity index (χ2n) is 9.87. The SMILES string of the molecule is CCC(CC)COC(=O)[C@H](CC(C)C)NCOC[C@@]1(C#N)O[C@@H](c2ccc3c(N)ncnn23)[C@H](O)[C@@H]1O. The zero-order valence-electron chi connectivity index (χ0n) is 21.8. The van der Waals surface area contributed by atoms with Crippen LogP contribution in [0.15, 0.2) is 18.5 Å². The standard InChI is InChI=1S/C25H38N6O6/c1-5-16(6-2)10-36-24(34)17(9-15(3)4)29-14-35-12-25(11-26)22(33)20(32)21(37-25)18-7-8-19-23(27)28-13-30-31(18)19/h7-8,13,15-17,20-22,29,32-33H,5-6,9-10,12,14H2,1-4H3,(H2,27,28,30)/t17-,20-,21-,22-,25+/m0/s1. The van der Waals surface area contributed by atoms with Crippen molar-refractivity contribution in [2.45, 2.75) is 76.9 Å². The van der Waals surface area contributed by atoms with E-state index >= 15 is 0 Å². The van der Waals surface area contributed by atoms with Crippen molar-refractivity contribution in [2.24, 2.45) is 11.8 Å². The lowest BCUT2D eigenvalue weighted by molar-refractivity contribution is -0.149. The summed E-state index contributed by atoms with van der Waals surface area (Å²) >= 11 is 0. The minimum absolute atomic E-state index is 0.0877. The number of nitriles is 1. The first-order valence-corrected chi connectivity index (χ1v) is 12.7. The largest absolute Gasteiger partial charge is 0.464 e. The van der Waals surface area contributed by atoms with E-state index in [4.69, 9.17) is 19.9 Å². The monoisotopic (exact) mass is 518 g/mol. The number of aromatic nitrogens is 3. The van der Waals surface area contributed by atoms with Gasteiger partial charge in [-0.1, -0.05) is 40.5 Å². The Morgan fingerprint density at radius 3 is 2.73 bits per heavy atom. The average Bonchev–Trinajstić information content (AvgIpc) is 3.42. The summed E-state index contributed by atoms with van der Waals surface area (Å²) in [5.41, 5.74) is 4.95. The van der Waals surface area contributed by atoms with Gasteiger partial charge < -0.3 is 30.2 Å². The number of rotatable bonds is 13. The van der Waals surface area contributed by atoms with Gasteiger partial charge >= 0.3 is 5.97 Å². The van der Waals surface area contributed by atoms with Crippen LogP contribution in [-0.4, -0.2) is 74.6 Å². The molecule has 3 rings (SSSR count). The molecule has 0 amide bonds. The Hall–Kier alpha value is -2.82. The number of aliphatic hydroxyl groups excluding tert-OH is 2. The maximum Gasteiger partial charge on any atom is 0.323 e. The Labute approximate surface area is 216 Å². The first kappa shape index (κ1) is 28.7. The van der Waals surface area contributed by atoms with Gasteiger partial charge in [0, 0.05) is 0 Å². The van der Waals surface area contributed by atoms with Gasteiger partial charge in [-0.05, 0) is 30.4 Å². The van der Waals surface area contributed by atoms with Crippen LogP contribution >= 0.6 is 0 Å². The molecule has 204 valence electrons. The third-order valence-corrected chi connectivity index (χ3v) is 6.80. The van der Waals surface area contributed by atoms with Crippen LogP contribution in [0, 0.1) is 23.2 Å². The maximum atomic E-state index is 12.7. The zero-order valence-corrected chi connectivity index (χ0v) is 21.8. The third kappa shape index (κ3) is 6.37. The van der Waals surface area contributed by atoms with Gasteiger partial charge in [0.25, 0.3) is 0 Å². The van der Waals surface area contributed by atoms with Gasteiger partial charge in [0.1, 0.15) is 42.3 Å². The van der Waals surface area contributed by atoms with Gasteiger partial charge in [0.05, 0.1) is 25.6 Å². The number of hydrogen-bond acceptors (Lipinski definition) is 11. The van der Waals surface area contributed by atoms with Crippen molar-refractivity contribution in [1.82, 2.24) is 19.9 Å². The highest BCUT2D eigenvalue weighted by Gasteiger charge is 2.56. The number of nitrogens with two attached hydrogens (primary N) is 1. The molecule has 1 aliphatic heterocycles. The number of carbonyl (C=O) groups excluding carboxylic acids is 1. The molecule has 0 aliphatic carbocycles. The normalized spacial score (nSPS) is 24.6. The van der Waals surface area contributed by atoms with E-state index in [2.05, 4.69) is 29.2 Å². The molecule has 0 radical (unpaired) electrons. The Kier molecular flexibility index (Phi) is 9.80. The number of esters is 1. The molecule has 0 saturated carbocycles. The van der Waals surface area contributed by atoms with Gasteiger partial charge in [0.15, 0.2) is 5.82 Å². The lowest BCUT2D eigenvalue weighted by atomic mass is 9.96. The maximum absolute atomic E-state index is 12.7. The van der Waals surface area contributed by atoms with E-state index in [1.807, 2.05) is 19.9 Å². The molecule has 1 saturated heterocycles. The van der Waals surface area contributed by atoms with Crippen LogP contribution in [0.25, 0.3) is 5.52 Å². The number of nitrogen functional groups attached to an aromatic ring is 1. The topological polar surface area (TPSA) is 177 Å². The molecule has 37 heavy (non-hydrogen) atoms. The first-order chi connectivity index (χ1) is 17.7. The molecule has 2 aromatic heterocycles. The molecular weight excluding hydrogens is 480 g/mol. The predicted molar refractivity (Wildman–Crippen MR) is 134 cm³/mol. The molecule has 5 N–H and O–H groups in total. The number of carbonyl (C=O) groups is 1. The average molecular weight is 519 g/mol. The van der Waals surface area contributed by atoms with Crippen molar-refractivity contribution in [1.29, 1.82) is 5.26 Å². The third-order valence-electron chi connectivity index (χ3n) is 6.80. The molecular formula is C25H38N6O6. The molecule has 2 aromatic rings. The van der Waals surface area contributed by atoms with E-state index in [1.54, 1.807) is 12.1 Å². The summed E-state index contributed by atoms with van der Waals surface area (Å²) in [7, 11) is 0. The quantitative estimate of drug-likeness (QED) is 0.171. The summed E-state index contributed by atoms with van der Waals surface area (Å²) in [6.07, 6.45) is -0.362. The highest BCUT2D eigenvalue weighted by molar-refractivity contribution is 5.75.